The van der Waals surface area contributed by atoms with Gasteiger partial charge in [0.05, 0.1) is 6.61 Å². The van der Waals surface area contributed by atoms with Crippen LogP contribution in [0.5, 0.6) is 5.75 Å². The van der Waals surface area contributed by atoms with Gasteiger partial charge in [-0.25, -0.2) is 4.39 Å². The molecule has 0 unspecified atom stereocenters. The van der Waals surface area contributed by atoms with Gasteiger partial charge in [-0.2, -0.15) is 0 Å². The molecule has 0 radical (unpaired) electrons. The van der Waals surface area contributed by atoms with Crippen molar-refractivity contribution in [3.8, 4) is 5.75 Å². The lowest BCUT2D eigenvalue weighted by atomic mass is 10.3. The van der Waals surface area contributed by atoms with Crippen LogP contribution in [-0.2, 0) is 11.3 Å². The highest BCUT2D eigenvalue weighted by atomic mass is 32.2. The van der Waals surface area contributed by atoms with Gasteiger partial charge in [-0.05, 0) is 18.6 Å². The van der Waals surface area contributed by atoms with Crippen LogP contribution in [0.1, 0.15) is 6.42 Å². The number of halogens is 1. The van der Waals surface area contributed by atoms with Crippen molar-refractivity contribution in [2.24, 2.45) is 0 Å². The Bertz CT molecular complexity index is 551. The molecule has 1 heterocycles. The van der Waals surface area contributed by atoms with Crippen LogP contribution in [0.3, 0.4) is 0 Å². The van der Waals surface area contributed by atoms with E-state index in [1.54, 1.807) is 37.3 Å². The zero-order valence-electron chi connectivity index (χ0n) is 11.9. The fraction of sp³-hybridized carbons (Fsp3) is 0.429. The van der Waals surface area contributed by atoms with Gasteiger partial charge < -0.3 is 14.0 Å². The Balaban J connectivity index is 1.72. The molecular weight excluding hydrogens is 293 g/mol. The van der Waals surface area contributed by atoms with Gasteiger partial charge in [-0.3, -0.25) is 0 Å². The number of methoxy groups -OCH3 is 1. The summed E-state index contributed by atoms with van der Waals surface area (Å²) >= 11 is 1.56. The lowest BCUT2D eigenvalue weighted by Crippen LogP contribution is -2.04. The molecule has 0 aliphatic carbocycles. The monoisotopic (exact) mass is 311 g/mol. The first-order chi connectivity index (χ1) is 10.3. The van der Waals surface area contributed by atoms with Crippen molar-refractivity contribution >= 4 is 11.8 Å². The van der Waals surface area contributed by atoms with Crippen LogP contribution in [0.2, 0.25) is 0 Å². The molecule has 0 fully saturated rings. The fourth-order valence-corrected chi connectivity index (χ4v) is 2.50. The summed E-state index contributed by atoms with van der Waals surface area (Å²) in [7, 11) is 1.69. The summed E-state index contributed by atoms with van der Waals surface area (Å²) in [6.07, 6.45) is 2.63. The van der Waals surface area contributed by atoms with Gasteiger partial charge in [0, 0.05) is 32.1 Å². The molecule has 0 atom stereocenters. The van der Waals surface area contributed by atoms with Crippen LogP contribution < -0.4 is 4.74 Å². The maximum absolute atomic E-state index is 13.0. The number of ether oxygens (including phenoxy) is 2. The average Bonchev–Trinajstić information content (AvgIpc) is 2.92. The van der Waals surface area contributed by atoms with E-state index in [4.69, 9.17) is 9.47 Å². The zero-order valence-corrected chi connectivity index (χ0v) is 12.7. The minimum Gasteiger partial charge on any atom is -0.493 e. The summed E-state index contributed by atoms with van der Waals surface area (Å²) < 4.78 is 25.5. The molecule has 21 heavy (non-hydrogen) atoms. The number of aryl methyl sites for hydroxylation is 1. The lowest BCUT2D eigenvalue weighted by molar-refractivity contribution is 0.189. The van der Waals surface area contributed by atoms with Gasteiger partial charge in [0.15, 0.2) is 5.16 Å². The van der Waals surface area contributed by atoms with Gasteiger partial charge in [-0.15, -0.1) is 10.2 Å². The predicted molar refractivity (Wildman–Crippen MR) is 79.1 cm³/mol. The Morgan fingerprint density at radius 3 is 3.05 bits per heavy atom. The van der Waals surface area contributed by atoms with Crippen LogP contribution >= 0.6 is 11.8 Å². The molecule has 0 saturated heterocycles. The van der Waals surface area contributed by atoms with E-state index in [1.165, 1.54) is 12.1 Å². The van der Waals surface area contributed by atoms with E-state index in [9.17, 15) is 4.39 Å². The largest absolute Gasteiger partial charge is 0.493 e. The predicted octanol–water partition coefficient (Wildman–Crippen LogP) is 2.62. The smallest absolute Gasteiger partial charge is 0.191 e. The molecule has 0 saturated carbocycles. The van der Waals surface area contributed by atoms with Crippen LogP contribution in [0.25, 0.3) is 0 Å². The molecule has 1 aromatic carbocycles. The SMILES string of the molecule is COCCCn1cnnc1SCCOc1cccc(F)c1. The van der Waals surface area contributed by atoms with Gasteiger partial charge in [0.2, 0.25) is 0 Å². The van der Waals surface area contributed by atoms with E-state index in [2.05, 4.69) is 10.2 Å². The van der Waals surface area contributed by atoms with Crippen molar-refractivity contribution in [3.05, 3.63) is 36.4 Å². The molecule has 0 aliphatic heterocycles. The number of thioether (sulfide) groups is 1. The van der Waals surface area contributed by atoms with E-state index in [1.807, 2.05) is 4.57 Å². The average molecular weight is 311 g/mol. The fourth-order valence-electron chi connectivity index (χ4n) is 1.74. The number of rotatable bonds is 9. The maximum atomic E-state index is 13.0. The Labute approximate surface area is 127 Å². The summed E-state index contributed by atoms with van der Waals surface area (Å²) in [5, 5.41) is 8.84. The molecule has 0 spiro atoms. The molecule has 0 bridgehead atoms. The lowest BCUT2D eigenvalue weighted by Gasteiger charge is -2.07. The highest BCUT2D eigenvalue weighted by Gasteiger charge is 2.05. The Morgan fingerprint density at radius 2 is 2.24 bits per heavy atom. The summed E-state index contributed by atoms with van der Waals surface area (Å²) in [4.78, 5) is 0. The van der Waals surface area contributed by atoms with E-state index < -0.39 is 0 Å². The summed E-state index contributed by atoms with van der Waals surface area (Å²) in [6.45, 7) is 2.03. The van der Waals surface area contributed by atoms with Crippen LogP contribution in [0, 0.1) is 5.82 Å². The van der Waals surface area contributed by atoms with Gasteiger partial charge >= 0.3 is 0 Å². The van der Waals surface area contributed by atoms with Crippen molar-refractivity contribution in [1.29, 1.82) is 0 Å². The van der Waals surface area contributed by atoms with E-state index in [-0.39, 0.29) is 5.82 Å². The summed E-state index contributed by atoms with van der Waals surface area (Å²) in [5.41, 5.74) is 0. The highest BCUT2D eigenvalue weighted by Crippen LogP contribution is 2.16. The second-order valence-corrected chi connectivity index (χ2v) is 5.37. The molecule has 7 heteroatoms. The standard InChI is InChI=1S/C14H18FN3O2S/c1-19-7-3-6-18-11-16-17-14(18)21-9-8-20-13-5-2-4-12(15)10-13/h2,4-5,10-11H,3,6-9H2,1H3. The normalized spacial score (nSPS) is 10.8. The second kappa shape index (κ2) is 8.63. The first kappa shape index (κ1) is 15.8. The number of benzene rings is 1. The molecule has 0 aliphatic rings. The van der Waals surface area contributed by atoms with Crippen molar-refractivity contribution < 1.29 is 13.9 Å². The van der Waals surface area contributed by atoms with Crippen LogP contribution in [0.4, 0.5) is 4.39 Å². The first-order valence-corrected chi connectivity index (χ1v) is 7.66. The molecule has 1 aromatic heterocycles. The molecule has 0 amide bonds. The number of aromatic nitrogens is 3. The van der Waals surface area contributed by atoms with Crippen molar-refractivity contribution in [2.45, 2.75) is 18.1 Å². The molecule has 0 N–H and O–H groups in total. The molecule has 114 valence electrons. The van der Waals surface area contributed by atoms with Gasteiger partial charge in [-0.1, -0.05) is 17.8 Å². The number of hydrogen-bond acceptors (Lipinski definition) is 5. The van der Waals surface area contributed by atoms with Gasteiger partial charge in [0.25, 0.3) is 0 Å². The summed E-state index contributed by atoms with van der Waals surface area (Å²) in [6, 6.07) is 6.13. The maximum Gasteiger partial charge on any atom is 0.191 e. The third-order valence-corrected chi connectivity index (χ3v) is 3.65. The molecule has 2 rings (SSSR count). The Morgan fingerprint density at radius 1 is 1.33 bits per heavy atom. The van der Waals surface area contributed by atoms with Crippen LogP contribution in [-0.4, -0.2) is 40.8 Å². The molecular formula is C14H18FN3O2S. The minimum atomic E-state index is -0.293. The topological polar surface area (TPSA) is 49.2 Å². The van der Waals surface area contributed by atoms with Crippen molar-refractivity contribution in [3.63, 3.8) is 0 Å². The van der Waals surface area contributed by atoms with Crippen molar-refractivity contribution in [2.75, 3.05) is 26.1 Å². The van der Waals surface area contributed by atoms with Crippen molar-refractivity contribution in [1.82, 2.24) is 14.8 Å². The van der Waals surface area contributed by atoms with Gasteiger partial charge in [0.1, 0.15) is 17.9 Å². The second-order valence-electron chi connectivity index (χ2n) is 4.31. The molecule has 5 nitrogen and oxygen atoms in total. The first-order valence-electron chi connectivity index (χ1n) is 6.67. The minimum absolute atomic E-state index is 0.293. The zero-order chi connectivity index (χ0) is 14.9. The van der Waals surface area contributed by atoms with Crippen LogP contribution in [0.15, 0.2) is 35.7 Å². The van der Waals surface area contributed by atoms with E-state index in [0.717, 1.165) is 23.9 Å². The number of hydrogen-bond donors (Lipinski definition) is 0. The Kier molecular flexibility index (Phi) is 6.49. The molecule has 2 aromatic rings. The quantitative estimate of drug-likeness (QED) is 0.526. The highest BCUT2D eigenvalue weighted by molar-refractivity contribution is 7.99. The third-order valence-electron chi connectivity index (χ3n) is 2.71. The Hall–Kier alpha value is -1.60. The summed E-state index contributed by atoms with van der Waals surface area (Å²) in [5.74, 6) is 0.967. The van der Waals surface area contributed by atoms with E-state index >= 15 is 0 Å². The van der Waals surface area contributed by atoms with E-state index in [0.29, 0.717) is 19.0 Å². The third kappa shape index (κ3) is 5.35. The number of nitrogens with zero attached hydrogens (tertiary/aromatic N) is 3.